The maximum Gasteiger partial charge on any atom is 0.133 e. The van der Waals surface area contributed by atoms with E-state index in [2.05, 4.69) is 20.8 Å². The average molecular weight is 347 g/mol. The van der Waals surface area contributed by atoms with Crippen LogP contribution in [0.25, 0.3) is 0 Å². The lowest BCUT2D eigenvalue weighted by Crippen LogP contribution is -2.56. The highest BCUT2D eigenvalue weighted by Crippen LogP contribution is 2.68. The van der Waals surface area contributed by atoms with Gasteiger partial charge in [-0.15, -0.1) is 0 Å². The molecule has 4 aliphatic rings. The highest BCUT2D eigenvalue weighted by Gasteiger charge is 2.62. The molecule has 0 bridgehead atoms. The van der Waals surface area contributed by atoms with E-state index in [1.807, 2.05) is 6.92 Å². The van der Waals surface area contributed by atoms with Gasteiger partial charge in [-0.25, -0.2) is 0 Å². The van der Waals surface area contributed by atoms with Gasteiger partial charge in [0, 0.05) is 5.92 Å². The van der Waals surface area contributed by atoms with Crippen LogP contribution in [0.15, 0.2) is 0 Å². The first-order valence-corrected chi connectivity index (χ1v) is 11.0. The quantitative estimate of drug-likeness (QED) is 0.729. The molecule has 0 radical (unpaired) electrons. The first kappa shape index (κ1) is 18.0. The lowest BCUT2D eigenvalue weighted by atomic mass is 9.42. The molecule has 4 aliphatic carbocycles. The summed E-state index contributed by atoms with van der Waals surface area (Å²) < 4.78 is 0. The third-order valence-corrected chi connectivity index (χ3v) is 9.80. The molecule has 0 heterocycles. The third kappa shape index (κ3) is 2.49. The van der Waals surface area contributed by atoms with Crippen molar-refractivity contribution in [2.45, 2.75) is 97.5 Å². The Bertz CT molecular complexity index is 552. The molecular weight excluding hydrogens is 308 g/mol. The summed E-state index contributed by atoms with van der Waals surface area (Å²) in [5, 5.41) is 10.7. The van der Waals surface area contributed by atoms with Crippen molar-refractivity contribution in [2.75, 3.05) is 0 Å². The summed E-state index contributed by atoms with van der Waals surface area (Å²) in [5.74, 6) is 3.93. The van der Waals surface area contributed by atoms with E-state index in [1.54, 1.807) is 0 Å². The molecule has 0 aromatic rings. The van der Waals surface area contributed by atoms with Crippen LogP contribution in [-0.4, -0.2) is 16.5 Å². The summed E-state index contributed by atoms with van der Waals surface area (Å²) in [6.45, 7) is 8.75. The Hall–Kier alpha value is -0.370. The molecule has 8 atom stereocenters. The highest BCUT2D eigenvalue weighted by molar-refractivity contribution is 5.79. The van der Waals surface area contributed by atoms with Crippen LogP contribution < -0.4 is 0 Å². The molecule has 2 nitrogen and oxygen atoms in total. The molecule has 0 saturated heterocycles. The van der Waals surface area contributed by atoms with Crippen LogP contribution >= 0.6 is 0 Å². The van der Waals surface area contributed by atoms with Crippen molar-refractivity contribution in [3.05, 3.63) is 0 Å². The number of ketones is 1. The van der Waals surface area contributed by atoms with Crippen LogP contribution in [0, 0.1) is 40.4 Å². The van der Waals surface area contributed by atoms with Crippen LogP contribution in [0.1, 0.15) is 91.9 Å². The van der Waals surface area contributed by atoms with E-state index in [9.17, 15) is 9.90 Å². The molecule has 4 saturated carbocycles. The van der Waals surface area contributed by atoms with Crippen molar-refractivity contribution in [3.8, 4) is 0 Å². The van der Waals surface area contributed by atoms with Gasteiger partial charge < -0.3 is 5.11 Å². The summed E-state index contributed by atoms with van der Waals surface area (Å²) in [4.78, 5) is 12.3. The predicted octanol–water partition coefficient (Wildman–Crippen LogP) is 5.38. The Labute approximate surface area is 154 Å². The van der Waals surface area contributed by atoms with Gasteiger partial charge in [0.05, 0.1) is 5.60 Å². The Morgan fingerprint density at radius 1 is 1.00 bits per heavy atom. The first-order chi connectivity index (χ1) is 11.7. The molecule has 0 spiro atoms. The van der Waals surface area contributed by atoms with Crippen LogP contribution in [0.5, 0.6) is 0 Å². The van der Waals surface area contributed by atoms with Crippen molar-refractivity contribution in [1.29, 1.82) is 0 Å². The van der Waals surface area contributed by atoms with E-state index in [-0.39, 0.29) is 5.41 Å². The fourth-order valence-electron chi connectivity index (χ4n) is 8.61. The van der Waals surface area contributed by atoms with Crippen LogP contribution in [0.3, 0.4) is 0 Å². The normalized spacial score (nSPS) is 55.2. The monoisotopic (exact) mass is 346 g/mol. The van der Waals surface area contributed by atoms with Gasteiger partial charge in [0.2, 0.25) is 0 Å². The van der Waals surface area contributed by atoms with Gasteiger partial charge in [0.25, 0.3) is 0 Å². The van der Waals surface area contributed by atoms with E-state index in [0.29, 0.717) is 17.1 Å². The minimum atomic E-state index is -0.438. The zero-order chi connectivity index (χ0) is 18.0. The maximum absolute atomic E-state index is 12.3. The van der Waals surface area contributed by atoms with Crippen LogP contribution in [-0.2, 0) is 4.79 Å². The SMILES string of the molecule is CC[C@]12CC[C@@](C)(O)C[C@H]1CC[C@H]1[C@@H]3CC[C@H](C(C)=O)[C@@]3(C)CC[C@@H]12. The van der Waals surface area contributed by atoms with Crippen molar-refractivity contribution < 1.29 is 9.90 Å². The molecule has 142 valence electrons. The topological polar surface area (TPSA) is 37.3 Å². The Balaban J connectivity index is 1.64. The van der Waals surface area contributed by atoms with Crippen molar-refractivity contribution >= 4 is 5.78 Å². The van der Waals surface area contributed by atoms with E-state index in [4.69, 9.17) is 0 Å². The van der Waals surface area contributed by atoms with Gasteiger partial charge in [-0.3, -0.25) is 4.79 Å². The second-order valence-electron chi connectivity index (χ2n) is 10.7. The summed E-state index contributed by atoms with van der Waals surface area (Å²) in [6.07, 6.45) is 12.2. The van der Waals surface area contributed by atoms with E-state index in [1.165, 1.54) is 44.9 Å². The molecule has 0 aliphatic heterocycles. The fourth-order valence-corrected chi connectivity index (χ4v) is 8.61. The van der Waals surface area contributed by atoms with Gasteiger partial charge in [-0.1, -0.05) is 13.8 Å². The minimum absolute atomic E-state index is 0.273. The van der Waals surface area contributed by atoms with Gasteiger partial charge in [0.15, 0.2) is 0 Å². The third-order valence-electron chi connectivity index (χ3n) is 9.80. The smallest absolute Gasteiger partial charge is 0.133 e. The zero-order valence-corrected chi connectivity index (χ0v) is 16.8. The van der Waals surface area contributed by atoms with Crippen molar-refractivity contribution in [1.82, 2.24) is 0 Å². The highest BCUT2D eigenvalue weighted by atomic mass is 16.3. The zero-order valence-electron chi connectivity index (χ0n) is 16.8. The Kier molecular flexibility index (Phi) is 4.19. The lowest BCUT2D eigenvalue weighted by Gasteiger charge is -2.63. The van der Waals surface area contributed by atoms with E-state index >= 15 is 0 Å². The molecule has 4 fully saturated rings. The second kappa shape index (κ2) is 5.81. The molecule has 25 heavy (non-hydrogen) atoms. The molecule has 1 N–H and O–H groups in total. The lowest BCUT2D eigenvalue weighted by molar-refractivity contribution is -0.158. The van der Waals surface area contributed by atoms with Crippen LogP contribution in [0.2, 0.25) is 0 Å². The summed E-state index contributed by atoms with van der Waals surface area (Å²) in [6, 6.07) is 0. The number of fused-ring (bicyclic) bond motifs is 5. The van der Waals surface area contributed by atoms with Crippen LogP contribution in [0.4, 0.5) is 0 Å². The summed E-state index contributed by atoms with van der Waals surface area (Å²) >= 11 is 0. The molecule has 0 amide bonds. The van der Waals surface area contributed by atoms with Crippen molar-refractivity contribution in [3.63, 3.8) is 0 Å². The summed E-state index contributed by atoms with van der Waals surface area (Å²) in [7, 11) is 0. The van der Waals surface area contributed by atoms with Gasteiger partial charge in [-0.05, 0) is 113 Å². The fraction of sp³-hybridized carbons (Fsp3) is 0.957. The number of rotatable bonds is 2. The molecule has 0 aromatic heterocycles. The number of carbonyl (C=O) groups excluding carboxylic acids is 1. The maximum atomic E-state index is 12.3. The van der Waals surface area contributed by atoms with Crippen molar-refractivity contribution in [2.24, 2.45) is 40.4 Å². The second-order valence-corrected chi connectivity index (χ2v) is 10.7. The Morgan fingerprint density at radius 3 is 2.44 bits per heavy atom. The number of hydrogen-bond donors (Lipinski definition) is 1. The predicted molar refractivity (Wildman–Crippen MR) is 101 cm³/mol. The average Bonchev–Trinajstić information content (AvgIpc) is 2.91. The van der Waals surface area contributed by atoms with E-state index < -0.39 is 5.60 Å². The largest absolute Gasteiger partial charge is 0.390 e. The number of aliphatic hydroxyl groups is 1. The molecule has 2 heteroatoms. The molecule has 4 rings (SSSR count). The standard InChI is InChI=1S/C23H38O2/c1-5-23-13-12-21(3,25)14-16(23)6-7-17-19-9-8-18(15(2)24)22(19,4)11-10-20(17)23/h16-20,25H,5-14H2,1-4H3/t16-,17+,18-,19+,20+,21-,22-,23+/m1/s1. The Morgan fingerprint density at radius 2 is 1.76 bits per heavy atom. The molecule has 0 unspecified atom stereocenters. The number of hydrogen-bond acceptors (Lipinski definition) is 2. The van der Waals surface area contributed by atoms with E-state index in [0.717, 1.165) is 42.9 Å². The molecule has 0 aromatic carbocycles. The van der Waals surface area contributed by atoms with Gasteiger partial charge in [-0.2, -0.15) is 0 Å². The minimum Gasteiger partial charge on any atom is -0.390 e. The molecular formula is C23H38O2. The first-order valence-electron chi connectivity index (χ1n) is 11.0. The number of carbonyl (C=O) groups is 1. The van der Waals surface area contributed by atoms with Gasteiger partial charge in [0.1, 0.15) is 5.78 Å². The summed E-state index contributed by atoms with van der Waals surface area (Å²) in [5.41, 5.74) is 0.308. The van der Waals surface area contributed by atoms with Gasteiger partial charge >= 0.3 is 0 Å². The number of Topliss-reactive ketones (excluding diaryl/α,β-unsaturated/α-hetero) is 1.